The molecule has 2 aliphatic rings. The van der Waals surface area contributed by atoms with Crippen molar-refractivity contribution in [1.29, 1.82) is 0 Å². The van der Waals surface area contributed by atoms with E-state index < -0.39 is 22.0 Å². The van der Waals surface area contributed by atoms with Crippen molar-refractivity contribution < 1.29 is 22.7 Å². The SMILES string of the molecule is COc1ccc(C(=O)NC2CCCCNC2=O)cc1S(=O)(=O)NC1CCCC1. The fourth-order valence-corrected chi connectivity index (χ4v) is 5.17. The van der Waals surface area contributed by atoms with Gasteiger partial charge in [-0.1, -0.05) is 12.8 Å². The number of hydrogen-bond donors (Lipinski definition) is 3. The lowest BCUT2D eigenvalue weighted by molar-refractivity contribution is -0.122. The molecule has 9 heteroatoms. The average molecular weight is 410 g/mol. The summed E-state index contributed by atoms with van der Waals surface area (Å²) < 4.78 is 33.6. The normalized spacial score (nSPS) is 21.0. The molecule has 1 saturated carbocycles. The second kappa shape index (κ2) is 8.91. The summed E-state index contributed by atoms with van der Waals surface area (Å²) in [5, 5.41) is 5.47. The first-order valence-electron chi connectivity index (χ1n) is 9.69. The summed E-state index contributed by atoms with van der Waals surface area (Å²) in [5.74, 6) is -0.522. The van der Waals surface area contributed by atoms with Crippen LogP contribution in [-0.4, -0.2) is 46.0 Å². The molecule has 154 valence electrons. The van der Waals surface area contributed by atoms with Gasteiger partial charge in [-0.15, -0.1) is 0 Å². The number of methoxy groups -OCH3 is 1. The number of nitrogens with one attached hydrogen (secondary N) is 3. The molecule has 0 spiro atoms. The molecule has 28 heavy (non-hydrogen) atoms. The third-order valence-corrected chi connectivity index (χ3v) is 6.77. The quantitative estimate of drug-likeness (QED) is 0.656. The molecule has 0 radical (unpaired) electrons. The van der Waals surface area contributed by atoms with Crippen LogP contribution in [0, 0.1) is 0 Å². The first-order valence-corrected chi connectivity index (χ1v) is 11.2. The van der Waals surface area contributed by atoms with E-state index in [0.29, 0.717) is 13.0 Å². The van der Waals surface area contributed by atoms with Crippen molar-refractivity contribution >= 4 is 21.8 Å². The smallest absolute Gasteiger partial charge is 0.251 e. The average Bonchev–Trinajstić information content (AvgIpc) is 3.09. The van der Waals surface area contributed by atoms with Gasteiger partial charge in [0.1, 0.15) is 16.7 Å². The van der Waals surface area contributed by atoms with E-state index in [9.17, 15) is 18.0 Å². The second-order valence-electron chi connectivity index (χ2n) is 7.28. The fraction of sp³-hybridized carbons (Fsp3) is 0.579. The molecule has 1 atom stereocenters. The molecule has 1 aromatic rings. The number of hydrogen-bond acceptors (Lipinski definition) is 5. The fourth-order valence-electron chi connectivity index (χ4n) is 3.67. The Balaban J connectivity index is 1.81. The van der Waals surface area contributed by atoms with Gasteiger partial charge in [0.05, 0.1) is 7.11 Å². The van der Waals surface area contributed by atoms with Crippen LogP contribution < -0.4 is 20.1 Å². The Bertz CT molecular complexity index is 834. The molecule has 3 rings (SSSR count). The molecule has 3 N–H and O–H groups in total. The molecule has 1 unspecified atom stereocenters. The van der Waals surface area contributed by atoms with Crippen molar-refractivity contribution in [3.8, 4) is 5.75 Å². The third kappa shape index (κ3) is 4.82. The van der Waals surface area contributed by atoms with Crippen molar-refractivity contribution in [2.24, 2.45) is 0 Å². The summed E-state index contributed by atoms with van der Waals surface area (Å²) in [6.45, 7) is 0.600. The Hall–Kier alpha value is -2.13. The molecular weight excluding hydrogens is 382 g/mol. The van der Waals surface area contributed by atoms with Gasteiger partial charge in [0, 0.05) is 18.2 Å². The number of benzene rings is 1. The minimum absolute atomic E-state index is 0.0696. The van der Waals surface area contributed by atoms with Crippen LogP contribution in [0.15, 0.2) is 23.1 Å². The predicted molar refractivity (Wildman–Crippen MR) is 104 cm³/mol. The van der Waals surface area contributed by atoms with E-state index in [1.54, 1.807) is 0 Å². The van der Waals surface area contributed by atoms with Crippen molar-refractivity contribution in [3.05, 3.63) is 23.8 Å². The first-order chi connectivity index (χ1) is 13.4. The number of carbonyl (C=O) groups is 2. The second-order valence-corrected chi connectivity index (χ2v) is 8.96. The van der Waals surface area contributed by atoms with Crippen molar-refractivity contribution in [2.75, 3.05) is 13.7 Å². The largest absolute Gasteiger partial charge is 0.495 e. The van der Waals surface area contributed by atoms with Gasteiger partial charge in [-0.3, -0.25) is 9.59 Å². The Labute approximate surface area is 165 Å². The van der Waals surface area contributed by atoms with Crippen LogP contribution in [0.5, 0.6) is 5.75 Å². The van der Waals surface area contributed by atoms with Crippen molar-refractivity contribution in [3.63, 3.8) is 0 Å². The zero-order valence-electron chi connectivity index (χ0n) is 16.0. The highest BCUT2D eigenvalue weighted by molar-refractivity contribution is 7.89. The molecule has 1 saturated heterocycles. The highest BCUT2D eigenvalue weighted by Crippen LogP contribution is 2.27. The number of ether oxygens (including phenoxy) is 1. The molecule has 1 heterocycles. The summed E-state index contributed by atoms with van der Waals surface area (Å²) in [4.78, 5) is 24.6. The Morgan fingerprint density at radius 2 is 1.86 bits per heavy atom. The third-order valence-electron chi connectivity index (χ3n) is 5.23. The first kappa shape index (κ1) is 20.6. The standard InChI is InChI=1S/C19H27N3O5S/c1-27-16-10-9-13(18(23)21-15-8-4-5-11-20-19(15)24)12-17(16)28(25,26)22-14-6-2-3-7-14/h9-10,12,14-15,22H,2-8,11H2,1H3,(H,20,24)(H,21,23). The van der Waals surface area contributed by atoms with E-state index in [0.717, 1.165) is 38.5 Å². The minimum Gasteiger partial charge on any atom is -0.495 e. The van der Waals surface area contributed by atoms with Crippen LogP contribution in [0.4, 0.5) is 0 Å². The van der Waals surface area contributed by atoms with Crippen LogP contribution in [0.25, 0.3) is 0 Å². The predicted octanol–water partition coefficient (Wildman–Crippen LogP) is 1.31. The maximum Gasteiger partial charge on any atom is 0.251 e. The van der Waals surface area contributed by atoms with Gasteiger partial charge < -0.3 is 15.4 Å². The zero-order valence-corrected chi connectivity index (χ0v) is 16.8. The highest BCUT2D eigenvalue weighted by atomic mass is 32.2. The van der Waals surface area contributed by atoms with E-state index in [1.165, 1.54) is 25.3 Å². The molecule has 2 amide bonds. The van der Waals surface area contributed by atoms with E-state index in [2.05, 4.69) is 15.4 Å². The number of sulfonamides is 1. The molecule has 1 aromatic carbocycles. The molecule has 0 aromatic heterocycles. The van der Waals surface area contributed by atoms with Gasteiger partial charge in [-0.25, -0.2) is 13.1 Å². The molecule has 1 aliphatic carbocycles. The van der Waals surface area contributed by atoms with Gasteiger partial charge in [-0.2, -0.15) is 0 Å². The van der Waals surface area contributed by atoms with Crippen LogP contribution >= 0.6 is 0 Å². The van der Waals surface area contributed by atoms with Gasteiger partial charge >= 0.3 is 0 Å². The van der Waals surface area contributed by atoms with E-state index in [4.69, 9.17) is 4.74 Å². The van der Waals surface area contributed by atoms with Crippen LogP contribution in [0.1, 0.15) is 55.3 Å². The molecule has 2 fully saturated rings. The summed E-state index contributed by atoms with van der Waals surface area (Å²) >= 11 is 0. The van der Waals surface area contributed by atoms with E-state index in [1.807, 2.05) is 0 Å². The maximum absolute atomic E-state index is 12.8. The number of amides is 2. The monoisotopic (exact) mass is 409 g/mol. The van der Waals surface area contributed by atoms with Gasteiger partial charge in [-0.05, 0) is 50.3 Å². The number of carbonyl (C=O) groups excluding carboxylic acids is 2. The van der Waals surface area contributed by atoms with Crippen LogP contribution in [-0.2, 0) is 14.8 Å². The molecular formula is C19H27N3O5S. The Morgan fingerprint density at radius 1 is 1.14 bits per heavy atom. The van der Waals surface area contributed by atoms with Crippen molar-refractivity contribution in [2.45, 2.75) is 61.9 Å². The maximum atomic E-state index is 12.8. The van der Waals surface area contributed by atoms with Crippen LogP contribution in [0.3, 0.4) is 0 Å². The van der Waals surface area contributed by atoms with Crippen molar-refractivity contribution in [1.82, 2.24) is 15.4 Å². The van der Waals surface area contributed by atoms with Crippen LogP contribution in [0.2, 0.25) is 0 Å². The summed E-state index contributed by atoms with van der Waals surface area (Å²) in [7, 11) is -2.44. The topological polar surface area (TPSA) is 114 Å². The summed E-state index contributed by atoms with van der Waals surface area (Å²) in [6, 6.07) is 3.55. The lowest BCUT2D eigenvalue weighted by Gasteiger charge is -2.17. The van der Waals surface area contributed by atoms with E-state index in [-0.39, 0.29) is 28.2 Å². The zero-order chi connectivity index (χ0) is 20.1. The lowest BCUT2D eigenvalue weighted by Crippen LogP contribution is -2.45. The van der Waals surface area contributed by atoms with E-state index >= 15 is 0 Å². The summed E-state index contributed by atoms with van der Waals surface area (Å²) in [5.41, 5.74) is 0.171. The van der Waals surface area contributed by atoms with Gasteiger partial charge in [0.15, 0.2) is 0 Å². The van der Waals surface area contributed by atoms with Gasteiger partial charge in [0.2, 0.25) is 15.9 Å². The molecule has 8 nitrogen and oxygen atoms in total. The minimum atomic E-state index is -3.83. The van der Waals surface area contributed by atoms with Gasteiger partial charge in [0.25, 0.3) is 5.91 Å². The highest BCUT2D eigenvalue weighted by Gasteiger charge is 2.28. The number of rotatable bonds is 6. The Morgan fingerprint density at radius 3 is 2.57 bits per heavy atom. The lowest BCUT2D eigenvalue weighted by atomic mass is 10.1. The summed E-state index contributed by atoms with van der Waals surface area (Å²) in [6.07, 6.45) is 5.86. The molecule has 1 aliphatic heterocycles. The Kier molecular flexibility index (Phi) is 6.56. The molecule has 0 bridgehead atoms.